The molecule has 0 N–H and O–H groups in total. The highest BCUT2D eigenvalue weighted by Gasteiger charge is 1.99. The summed E-state index contributed by atoms with van der Waals surface area (Å²) >= 11 is 4.38. The SMILES string of the molecule is [B][C@H](CC(C)C)N=C=S. The van der Waals surface area contributed by atoms with E-state index in [1.54, 1.807) is 0 Å². The summed E-state index contributed by atoms with van der Waals surface area (Å²) in [5.74, 6) is 0.426. The van der Waals surface area contributed by atoms with Gasteiger partial charge in [0.1, 0.15) is 7.85 Å². The van der Waals surface area contributed by atoms with Crippen LogP contribution in [0.1, 0.15) is 20.3 Å². The summed E-state index contributed by atoms with van der Waals surface area (Å²) in [6, 6.07) is 0. The molecule has 3 heteroatoms. The second-order valence-electron chi connectivity index (χ2n) is 2.42. The number of aliphatic imine (C=N–C) groups is 1. The van der Waals surface area contributed by atoms with Crippen molar-refractivity contribution < 1.29 is 0 Å². The van der Waals surface area contributed by atoms with Crippen LogP contribution in [0.2, 0.25) is 0 Å². The minimum atomic E-state index is -0.150. The highest BCUT2D eigenvalue weighted by molar-refractivity contribution is 7.78. The number of nitrogens with zero attached hydrogens (tertiary/aromatic N) is 1. The zero-order valence-corrected chi connectivity index (χ0v) is 6.61. The summed E-state index contributed by atoms with van der Waals surface area (Å²) in [7, 11) is 5.49. The Hall–Kier alpha value is -0.135. The van der Waals surface area contributed by atoms with E-state index in [-0.39, 0.29) is 5.94 Å². The Morgan fingerprint density at radius 2 is 2.22 bits per heavy atom. The Balaban J connectivity index is 3.49. The fraction of sp³-hybridized carbons (Fsp3) is 0.833. The summed E-state index contributed by atoms with van der Waals surface area (Å²) in [5.41, 5.74) is 0. The molecule has 0 bridgehead atoms. The fourth-order valence-electron chi connectivity index (χ4n) is 0.603. The van der Waals surface area contributed by atoms with Crippen molar-refractivity contribution in [3.05, 3.63) is 0 Å². The zero-order valence-electron chi connectivity index (χ0n) is 5.79. The van der Waals surface area contributed by atoms with Gasteiger partial charge in [0.2, 0.25) is 0 Å². The van der Waals surface area contributed by atoms with E-state index in [1.807, 2.05) is 0 Å². The summed E-state index contributed by atoms with van der Waals surface area (Å²) < 4.78 is 0. The molecule has 2 radical (unpaired) electrons. The molecule has 0 aromatic rings. The first-order valence-corrected chi connectivity index (χ1v) is 3.40. The van der Waals surface area contributed by atoms with Gasteiger partial charge in [0.05, 0.1) is 5.16 Å². The van der Waals surface area contributed by atoms with Crippen LogP contribution in [0.5, 0.6) is 0 Å². The van der Waals surface area contributed by atoms with Gasteiger partial charge in [-0.3, -0.25) is 0 Å². The van der Waals surface area contributed by atoms with Crippen molar-refractivity contribution in [1.29, 1.82) is 0 Å². The molecule has 0 amide bonds. The molecule has 0 aliphatic rings. The summed E-state index contributed by atoms with van der Waals surface area (Å²) in [6.45, 7) is 4.19. The monoisotopic (exact) mass is 139 g/mol. The first-order chi connectivity index (χ1) is 4.16. The Labute approximate surface area is 63.0 Å². The van der Waals surface area contributed by atoms with E-state index in [1.165, 1.54) is 0 Å². The van der Waals surface area contributed by atoms with Crippen LogP contribution >= 0.6 is 12.2 Å². The van der Waals surface area contributed by atoms with Gasteiger partial charge in [0.15, 0.2) is 0 Å². The lowest BCUT2D eigenvalue weighted by Gasteiger charge is -2.06. The first kappa shape index (κ1) is 8.86. The Morgan fingerprint density at radius 3 is 2.56 bits per heavy atom. The molecule has 0 unspecified atom stereocenters. The lowest BCUT2D eigenvalue weighted by Crippen LogP contribution is -2.06. The highest BCUT2D eigenvalue weighted by atomic mass is 32.1. The van der Waals surface area contributed by atoms with Gasteiger partial charge < -0.3 is 0 Å². The van der Waals surface area contributed by atoms with Gasteiger partial charge in [-0.25, -0.2) is 4.99 Å². The topological polar surface area (TPSA) is 12.4 Å². The number of thiocarbonyl (C=S) groups is 1. The van der Waals surface area contributed by atoms with Crippen molar-refractivity contribution in [2.75, 3.05) is 0 Å². The summed E-state index contributed by atoms with van der Waals surface area (Å²) in [6.07, 6.45) is 0.879. The molecular formula is C6H10BNS. The van der Waals surface area contributed by atoms with Crippen molar-refractivity contribution in [3.63, 3.8) is 0 Å². The van der Waals surface area contributed by atoms with E-state index in [0.29, 0.717) is 5.92 Å². The molecule has 0 saturated carbocycles. The Bertz CT molecular complexity index is 118. The minimum Gasteiger partial charge on any atom is -0.239 e. The maximum absolute atomic E-state index is 5.49. The lowest BCUT2D eigenvalue weighted by molar-refractivity contribution is 0.573. The molecule has 0 rings (SSSR count). The molecule has 0 fully saturated rings. The predicted molar refractivity (Wildman–Crippen MR) is 44.0 cm³/mol. The number of isothiocyanates is 1. The molecule has 0 heterocycles. The van der Waals surface area contributed by atoms with Gasteiger partial charge in [-0.2, -0.15) is 0 Å². The molecule has 48 valence electrons. The molecular weight excluding hydrogens is 129 g/mol. The van der Waals surface area contributed by atoms with Crippen molar-refractivity contribution >= 4 is 25.2 Å². The third-order valence-corrected chi connectivity index (χ3v) is 1.04. The van der Waals surface area contributed by atoms with E-state index in [2.05, 4.69) is 36.2 Å². The van der Waals surface area contributed by atoms with Crippen LogP contribution in [0.15, 0.2) is 4.99 Å². The van der Waals surface area contributed by atoms with Crippen LogP contribution in [-0.2, 0) is 0 Å². The fourth-order valence-corrected chi connectivity index (χ4v) is 0.739. The van der Waals surface area contributed by atoms with Crippen LogP contribution in [0.25, 0.3) is 0 Å². The third kappa shape index (κ3) is 5.74. The molecule has 0 aromatic heterocycles. The molecule has 1 nitrogen and oxygen atoms in total. The first-order valence-electron chi connectivity index (χ1n) is 2.99. The van der Waals surface area contributed by atoms with Gasteiger partial charge in [0, 0.05) is 5.94 Å². The van der Waals surface area contributed by atoms with Crippen LogP contribution in [0.4, 0.5) is 0 Å². The van der Waals surface area contributed by atoms with Gasteiger partial charge in [-0.05, 0) is 24.6 Å². The molecule has 0 aliphatic carbocycles. The van der Waals surface area contributed by atoms with E-state index < -0.39 is 0 Å². The second kappa shape index (κ2) is 4.72. The highest BCUT2D eigenvalue weighted by Crippen LogP contribution is 2.03. The van der Waals surface area contributed by atoms with Gasteiger partial charge >= 0.3 is 0 Å². The van der Waals surface area contributed by atoms with E-state index in [0.717, 1.165) is 6.42 Å². The van der Waals surface area contributed by atoms with Crippen molar-refractivity contribution in [1.82, 2.24) is 0 Å². The number of rotatable bonds is 3. The minimum absolute atomic E-state index is 0.150. The Kier molecular flexibility index (Phi) is 4.65. The van der Waals surface area contributed by atoms with Crippen molar-refractivity contribution in [2.45, 2.75) is 26.2 Å². The van der Waals surface area contributed by atoms with E-state index in [4.69, 9.17) is 7.85 Å². The maximum atomic E-state index is 5.49. The predicted octanol–water partition coefficient (Wildman–Crippen LogP) is 1.63. The third-order valence-electron chi connectivity index (χ3n) is 0.931. The molecule has 0 aliphatic heterocycles. The number of hydrogen-bond donors (Lipinski definition) is 0. The molecule has 0 aromatic carbocycles. The van der Waals surface area contributed by atoms with E-state index in [9.17, 15) is 0 Å². The largest absolute Gasteiger partial charge is 0.239 e. The summed E-state index contributed by atoms with van der Waals surface area (Å²) in [4.78, 5) is 3.71. The molecule has 1 atom stereocenters. The van der Waals surface area contributed by atoms with Crippen LogP contribution in [0.3, 0.4) is 0 Å². The molecule has 0 saturated heterocycles. The zero-order chi connectivity index (χ0) is 7.28. The van der Waals surface area contributed by atoms with Crippen LogP contribution in [0, 0.1) is 5.92 Å². The standard InChI is InChI=1S/C6H10BNS/c1-5(2)3-6(7)8-4-9/h5-6H,3H2,1-2H3/t6-/m0/s1. The van der Waals surface area contributed by atoms with Crippen molar-refractivity contribution in [3.8, 4) is 0 Å². The van der Waals surface area contributed by atoms with Crippen LogP contribution in [-0.4, -0.2) is 18.9 Å². The average molecular weight is 139 g/mol. The molecule has 0 spiro atoms. The normalized spacial score (nSPS) is 12.8. The quantitative estimate of drug-likeness (QED) is 0.329. The van der Waals surface area contributed by atoms with Crippen molar-refractivity contribution in [2.24, 2.45) is 10.9 Å². The Morgan fingerprint density at radius 1 is 1.67 bits per heavy atom. The summed E-state index contributed by atoms with van der Waals surface area (Å²) in [5, 5.41) is 2.26. The molecule has 9 heavy (non-hydrogen) atoms. The number of hydrogen-bond acceptors (Lipinski definition) is 2. The van der Waals surface area contributed by atoms with Gasteiger partial charge in [0.25, 0.3) is 0 Å². The smallest absolute Gasteiger partial charge is 0.103 e. The van der Waals surface area contributed by atoms with Gasteiger partial charge in [-0.15, -0.1) is 0 Å². The lowest BCUT2D eigenvalue weighted by atomic mass is 9.89. The second-order valence-corrected chi connectivity index (χ2v) is 2.60. The van der Waals surface area contributed by atoms with Gasteiger partial charge in [-0.1, -0.05) is 13.8 Å². The maximum Gasteiger partial charge on any atom is 0.103 e. The van der Waals surface area contributed by atoms with E-state index >= 15 is 0 Å². The average Bonchev–Trinajstić information content (AvgIpc) is 1.63. The van der Waals surface area contributed by atoms with Crippen LogP contribution < -0.4 is 0 Å².